The molecule has 1 N–H and O–H groups in total. The van der Waals surface area contributed by atoms with Crippen molar-refractivity contribution in [3.05, 3.63) is 50.4 Å². The van der Waals surface area contributed by atoms with Crippen LogP contribution in [0.15, 0.2) is 23.0 Å². The van der Waals surface area contributed by atoms with Crippen LogP contribution in [0.25, 0.3) is 22.4 Å². The summed E-state index contributed by atoms with van der Waals surface area (Å²) in [5, 5.41) is 0.787. The number of fused-ring (bicyclic) bond motifs is 3. The highest BCUT2D eigenvalue weighted by atomic mass is 32.1. The van der Waals surface area contributed by atoms with Gasteiger partial charge in [0, 0.05) is 10.4 Å². The lowest BCUT2D eigenvalue weighted by Crippen LogP contribution is -2.10. The number of methoxy groups -OCH3 is 1. The Hall–Kier alpha value is -2.60. The summed E-state index contributed by atoms with van der Waals surface area (Å²) in [6, 6.07) is 5.75. The van der Waals surface area contributed by atoms with Crippen LogP contribution in [0.4, 0.5) is 0 Å². The van der Waals surface area contributed by atoms with Gasteiger partial charge < -0.3 is 14.5 Å². The molecular formula is C22H24N2O3S. The van der Waals surface area contributed by atoms with Crippen molar-refractivity contribution in [2.45, 2.75) is 39.0 Å². The third-order valence-corrected chi connectivity index (χ3v) is 6.21. The predicted octanol–water partition coefficient (Wildman–Crippen LogP) is 4.83. The third kappa shape index (κ3) is 3.56. The first-order valence-corrected chi connectivity index (χ1v) is 10.6. The number of benzene rings is 1. The predicted molar refractivity (Wildman–Crippen MR) is 115 cm³/mol. The van der Waals surface area contributed by atoms with E-state index in [1.54, 1.807) is 18.4 Å². The summed E-state index contributed by atoms with van der Waals surface area (Å²) in [7, 11) is 1.63. The summed E-state index contributed by atoms with van der Waals surface area (Å²) in [6.45, 7) is 2.51. The Morgan fingerprint density at radius 2 is 2.07 bits per heavy atom. The first-order valence-electron chi connectivity index (χ1n) is 9.73. The number of para-hydroxylation sites is 1. The zero-order valence-electron chi connectivity index (χ0n) is 16.2. The summed E-state index contributed by atoms with van der Waals surface area (Å²) in [5.41, 5.74) is 2.05. The number of nitrogens with zero attached hydrogens (tertiary/aromatic N) is 1. The minimum atomic E-state index is -0.0425. The molecule has 28 heavy (non-hydrogen) atoms. The molecule has 5 nitrogen and oxygen atoms in total. The molecule has 1 aliphatic carbocycles. The van der Waals surface area contributed by atoms with Gasteiger partial charge in [-0.25, -0.2) is 4.98 Å². The molecule has 0 amide bonds. The molecule has 0 unspecified atom stereocenters. The van der Waals surface area contributed by atoms with E-state index in [9.17, 15) is 4.79 Å². The standard InChI is InChI=1S/C22H24N2O3S/c1-3-27-16-10-7-8-14(20(16)26-2)12-13-18-23-21(25)19-15-9-5-4-6-11-17(15)28-22(19)24-18/h7-8,10,12-13H,3-6,9,11H2,1-2H3,(H,23,24,25)/b13-12+. The Bertz CT molecular complexity index is 1080. The summed E-state index contributed by atoms with van der Waals surface area (Å²) in [5.74, 6) is 1.93. The molecule has 0 saturated heterocycles. The average molecular weight is 397 g/mol. The number of rotatable bonds is 5. The second-order valence-corrected chi connectivity index (χ2v) is 7.92. The van der Waals surface area contributed by atoms with Crippen molar-refractivity contribution in [2.75, 3.05) is 13.7 Å². The molecule has 2 aromatic heterocycles. The monoisotopic (exact) mass is 396 g/mol. The maximum atomic E-state index is 12.8. The van der Waals surface area contributed by atoms with Gasteiger partial charge in [0.15, 0.2) is 11.5 Å². The van der Waals surface area contributed by atoms with Crippen molar-refractivity contribution in [1.82, 2.24) is 9.97 Å². The van der Waals surface area contributed by atoms with Gasteiger partial charge in [-0.2, -0.15) is 0 Å². The van der Waals surface area contributed by atoms with Gasteiger partial charge in [0.25, 0.3) is 5.56 Å². The lowest BCUT2D eigenvalue weighted by atomic mass is 10.1. The van der Waals surface area contributed by atoms with Crippen molar-refractivity contribution in [2.24, 2.45) is 0 Å². The Morgan fingerprint density at radius 3 is 2.89 bits per heavy atom. The topological polar surface area (TPSA) is 64.2 Å². The number of hydrogen-bond donors (Lipinski definition) is 1. The molecule has 0 saturated carbocycles. The second-order valence-electron chi connectivity index (χ2n) is 6.84. The van der Waals surface area contributed by atoms with Crippen molar-refractivity contribution in [3.63, 3.8) is 0 Å². The molecule has 3 aromatic rings. The van der Waals surface area contributed by atoms with E-state index >= 15 is 0 Å². The molecule has 0 atom stereocenters. The van der Waals surface area contributed by atoms with E-state index in [1.165, 1.54) is 23.3 Å². The number of aromatic amines is 1. The Morgan fingerprint density at radius 1 is 1.21 bits per heavy atom. The largest absolute Gasteiger partial charge is 0.492 e. The maximum absolute atomic E-state index is 12.8. The van der Waals surface area contributed by atoms with Crippen molar-refractivity contribution in [1.29, 1.82) is 0 Å². The molecule has 2 heterocycles. The van der Waals surface area contributed by atoms with Crippen LogP contribution in [0.3, 0.4) is 0 Å². The quantitative estimate of drug-likeness (QED) is 0.627. The van der Waals surface area contributed by atoms with Crippen LogP contribution in [0.1, 0.15) is 48.0 Å². The van der Waals surface area contributed by atoms with Crippen molar-refractivity contribution >= 4 is 33.7 Å². The Balaban J connectivity index is 1.71. The van der Waals surface area contributed by atoms with Gasteiger partial charge in [0.2, 0.25) is 0 Å². The van der Waals surface area contributed by atoms with E-state index in [2.05, 4.69) is 4.98 Å². The van der Waals surface area contributed by atoms with Gasteiger partial charge in [-0.1, -0.05) is 18.6 Å². The van der Waals surface area contributed by atoms with Gasteiger partial charge in [-0.3, -0.25) is 4.79 Å². The molecule has 0 radical (unpaired) electrons. The molecule has 0 aliphatic heterocycles. The minimum Gasteiger partial charge on any atom is -0.492 e. The average Bonchev–Trinajstić information content (AvgIpc) is 2.88. The van der Waals surface area contributed by atoms with Crippen LogP contribution in [0.2, 0.25) is 0 Å². The molecule has 6 heteroatoms. The first kappa shape index (κ1) is 18.7. The molecule has 146 valence electrons. The molecular weight excluding hydrogens is 372 g/mol. The van der Waals surface area contributed by atoms with Crippen LogP contribution < -0.4 is 15.0 Å². The summed E-state index contributed by atoms with van der Waals surface area (Å²) in [6.07, 6.45) is 9.33. The number of H-pyrrole nitrogens is 1. The summed E-state index contributed by atoms with van der Waals surface area (Å²) < 4.78 is 11.1. The zero-order valence-corrected chi connectivity index (χ0v) is 17.0. The number of ether oxygens (including phenoxy) is 2. The highest BCUT2D eigenvalue weighted by Gasteiger charge is 2.18. The van der Waals surface area contributed by atoms with E-state index in [0.717, 1.165) is 35.0 Å². The van der Waals surface area contributed by atoms with Gasteiger partial charge in [0.05, 0.1) is 19.1 Å². The highest BCUT2D eigenvalue weighted by Crippen LogP contribution is 2.34. The summed E-state index contributed by atoms with van der Waals surface area (Å²) in [4.78, 5) is 22.6. The lowest BCUT2D eigenvalue weighted by Gasteiger charge is -2.11. The van der Waals surface area contributed by atoms with Gasteiger partial charge in [-0.05, 0) is 56.4 Å². The second kappa shape index (κ2) is 8.19. The van der Waals surface area contributed by atoms with E-state index < -0.39 is 0 Å². The van der Waals surface area contributed by atoms with E-state index in [-0.39, 0.29) is 5.56 Å². The number of nitrogens with one attached hydrogen (secondary N) is 1. The van der Waals surface area contributed by atoms with Crippen LogP contribution in [0.5, 0.6) is 11.5 Å². The van der Waals surface area contributed by atoms with Gasteiger partial charge in [-0.15, -0.1) is 11.3 Å². The fraction of sp³-hybridized carbons (Fsp3) is 0.364. The number of hydrogen-bond acceptors (Lipinski definition) is 5. The van der Waals surface area contributed by atoms with E-state index in [4.69, 9.17) is 14.5 Å². The summed E-state index contributed by atoms with van der Waals surface area (Å²) >= 11 is 1.67. The molecule has 0 spiro atoms. The fourth-order valence-electron chi connectivity index (χ4n) is 3.76. The van der Waals surface area contributed by atoms with Crippen molar-refractivity contribution in [3.8, 4) is 11.5 Å². The third-order valence-electron chi connectivity index (χ3n) is 5.03. The smallest absolute Gasteiger partial charge is 0.260 e. The molecule has 0 fully saturated rings. The minimum absolute atomic E-state index is 0.0425. The number of aromatic nitrogens is 2. The number of thiophene rings is 1. The normalized spacial score (nSPS) is 14.2. The Kier molecular flexibility index (Phi) is 5.48. The first-order chi connectivity index (χ1) is 13.7. The van der Waals surface area contributed by atoms with Crippen molar-refractivity contribution < 1.29 is 9.47 Å². The van der Waals surface area contributed by atoms with Gasteiger partial charge >= 0.3 is 0 Å². The zero-order chi connectivity index (χ0) is 19.5. The fourth-order valence-corrected chi connectivity index (χ4v) is 5.03. The molecule has 4 rings (SSSR count). The van der Waals surface area contributed by atoms with Crippen LogP contribution >= 0.6 is 11.3 Å². The van der Waals surface area contributed by atoms with Gasteiger partial charge in [0.1, 0.15) is 10.7 Å². The maximum Gasteiger partial charge on any atom is 0.260 e. The Labute approximate surface area is 168 Å². The molecule has 0 bridgehead atoms. The highest BCUT2D eigenvalue weighted by molar-refractivity contribution is 7.18. The number of aryl methyl sites for hydroxylation is 2. The van der Waals surface area contributed by atoms with Crippen LogP contribution in [-0.2, 0) is 12.8 Å². The van der Waals surface area contributed by atoms with Crippen LogP contribution in [0, 0.1) is 0 Å². The van der Waals surface area contributed by atoms with Crippen LogP contribution in [-0.4, -0.2) is 23.7 Å². The lowest BCUT2D eigenvalue weighted by molar-refractivity contribution is 0.310. The van der Waals surface area contributed by atoms with E-state index in [0.29, 0.717) is 23.9 Å². The SMILES string of the molecule is CCOc1cccc(/C=C/c2nc3sc4c(c3c(=O)[nH]2)CCCCC4)c1OC. The molecule has 1 aromatic carbocycles. The van der Waals surface area contributed by atoms with E-state index in [1.807, 2.05) is 37.3 Å². The molecule has 1 aliphatic rings.